The number of benzene rings is 1. The molecule has 3 rings (SSSR count). The fraction of sp³-hybridized carbons (Fsp3) is 0.133. The van der Waals surface area contributed by atoms with E-state index in [1.165, 1.54) is 11.8 Å². The van der Waals surface area contributed by atoms with Gasteiger partial charge in [0.25, 0.3) is 0 Å². The highest BCUT2D eigenvalue weighted by Gasteiger charge is 2.18. The predicted octanol–water partition coefficient (Wildman–Crippen LogP) is 4.49. The van der Waals surface area contributed by atoms with Crippen LogP contribution in [0.15, 0.2) is 40.9 Å². The molecule has 0 aliphatic carbocycles. The van der Waals surface area contributed by atoms with E-state index in [1.807, 2.05) is 31.2 Å². The van der Waals surface area contributed by atoms with Crippen LogP contribution in [0.5, 0.6) is 0 Å². The fourth-order valence-electron chi connectivity index (χ4n) is 2.13. The highest BCUT2D eigenvalue weighted by molar-refractivity contribution is 6.34. The zero-order valence-corrected chi connectivity index (χ0v) is 12.2. The molecular weight excluding hydrogens is 295 g/mol. The van der Waals surface area contributed by atoms with Crippen molar-refractivity contribution in [3.05, 3.63) is 63.6 Å². The minimum atomic E-state index is -0.521. The maximum atomic E-state index is 6.19. The largest absolute Gasteiger partial charge is 0.459 e. The molecule has 1 aromatic carbocycles. The van der Waals surface area contributed by atoms with Gasteiger partial charge >= 0.3 is 0 Å². The Bertz CT molecular complexity index is 783. The molecule has 102 valence electrons. The third kappa shape index (κ3) is 2.40. The summed E-state index contributed by atoms with van der Waals surface area (Å²) in [6.45, 7) is 2.03. The van der Waals surface area contributed by atoms with Crippen molar-refractivity contribution in [3.8, 4) is 0 Å². The minimum Gasteiger partial charge on any atom is -0.459 e. The second kappa shape index (κ2) is 5.09. The summed E-state index contributed by atoms with van der Waals surface area (Å²) < 4.78 is 5.77. The number of halogens is 2. The number of hydrogen-bond acceptors (Lipinski definition) is 3. The van der Waals surface area contributed by atoms with E-state index in [4.69, 9.17) is 33.4 Å². The molecule has 0 saturated heterocycles. The monoisotopic (exact) mass is 306 g/mol. The number of nitrogens with two attached hydrogens (primary N) is 1. The lowest BCUT2D eigenvalue weighted by atomic mass is 10.1. The highest BCUT2D eigenvalue weighted by Crippen LogP contribution is 2.30. The van der Waals surface area contributed by atoms with Gasteiger partial charge in [0.1, 0.15) is 17.4 Å². The zero-order valence-electron chi connectivity index (χ0n) is 10.7. The molecule has 0 amide bonds. The molecule has 20 heavy (non-hydrogen) atoms. The van der Waals surface area contributed by atoms with Crippen LogP contribution < -0.4 is 5.73 Å². The Hall–Kier alpha value is -1.55. The number of pyridine rings is 1. The van der Waals surface area contributed by atoms with E-state index in [0.717, 1.165) is 11.0 Å². The molecule has 5 heteroatoms. The summed E-state index contributed by atoms with van der Waals surface area (Å²) in [6.07, 6.45) is 1.52. The molecule has 1 unspecified atom stereocenters. The van der Waals surface area contributed by atoms with Gasteiger partial charge in [-0.05, 0) is 31.2 Å². The summed E-state index contributed by atoms with van der Waals surface area (Å²) in [6, 6.07) is 8.99. The molecule has 2 heterocycles. The predicted molar refractivity (Wildman–Crippen MR) is 81.2 cm³/mol. The van der Waals surface area contributed by atoms with Gasteiger partial charge in [-0.25, -0.2) is 0 Å². The number of fused-ring (bicyclic) bond motifs is 1. The lowest BCUT2D eigenvalue weighted by Gasteiger charge is -2.09. The molecule has 0 aliphatic heterocycles. The third-order valence-corrected chi connectivity index (χ3v) is 3.64. The standard InChI is InChI=1S/C15H12Cl2N2O/c1-8-2-3-12-9(4-8)5-13(20-12)14(18)15-11(17)6-10(16)7-19-15/h2-7,14H,18H2,1H3. The van der Waals surface area contributed by atoms with Gasteiger partial charge in [0, 0.05) is 11.6 Å². The molecule has 0 spiro atoms. The number of furan rings is 1. The first-order valence-corrected chi connectivity index (χ1v) is 6.87. The van der Waals surface area contributed by atoms with E-state index >= 15 is 0 Å². The fourth-order valence-corrected chi connectivity index (χ4v) is 2.62. The molecule has 3 nitrogen and oxygen atoms in total. The zero-order chi connectivity index (χ0) is 14.3. The maximum absolute atomic E-state index is 6.19. The number of hydrogen-bond donors (Lipinski definition) is 1. The molecule has 0 fully saturated rings. The Kier molecular flexibility index (Phi) is 3.42. The Morgan fingerprint density at radius 3 is 2.75 bits per heavy atom. The molecule has 1 atom stereocenters. The van der Waals surface area contributed by atoms with Crippen molar-refractivity contribution < 1.29 is 4.42 Å². The van der Waals surface area contributed by atoms with Crippen molar-refractivity contribution in [1.82, 2.24) is 4.98 Å². The normalized spacial score (nSPS) is 12.8. The Morgan fingerprint density at radius 1 is 1.20 bits per heavy atom. The number of aryl methyl sites for hydroxylation is 1. The van der Waals surface area contributed by atoms with Gasteiger partial charge in [-0.15, -0.1) is 0 Å². The Labute approximate surface area is 126 Å². The smallest absolute Gasteiger partial charge is 0.134 e. The van der Waals surface area contributed by atoms with Crippen molar-refractivity contribution in [2.45, 2.75) is 13.0 Å². The van der Waals surface area contributed by atoms with E-state index in [1.54, 1.807) is 6.07 Å². The SMILES string of the molecule is Cc1ccc2oc(C(N)c3ncc(Cl)cc3Cl)cc2c1. The van der Waals surface area contributed by atoms with Crippen molar-refractivity contribution >= 4 is 34.2 Å². The second-order valence-electron chi connectivity index (χ2n) is 4.69. The number of aromatic nitrogens is 1. The number of rotatable bonds is 2. The van der Waals surface area contributed by atoms with Crippen LogP contribution in [-0.2, 0) is 0 Å². The van der Waals surface area contributed by atoms with Crippen LogP contribution in [0.3, 0.4) is 0 Å². The van der Waals surface area contributed by atoms with Gasteiger partial charge in [0.05, 0.1) is 15.7 Å². The van der Waals surface area contributed by atoms with Gasteiger partial charge in [-0.3, -0.25) is 4.98 Å². The van der Waals surface area contributed by atoms with Crippen molar-refractivity contribution in [3.63, 3.8) is 0 Å². The first-order chi connectivity index (χ1) is 9.54. The van der Waals surface area contributed by atoms with Crippen LogP contribution in [0, 0.1) is 6.92 Å². The summed E-state index contributed by atoms with van der Waals surface area (Å²) in [7, 11) is 0. The van der Waals surface area contributed by atoms with E-state index in [0.29, 0.717) is 21.5 Å². The van der Waals surface area contributed by atoms with Crippen LogP contribution in [0.25, 0.3) is 11.0 Å². The highest BCUT2D eigenvalue weighted by atomic mass is 35.5. The van der Waals surface area contributed by atoms with Gasteiger partial charge in [0.2, 0.25) is 0 Å². The first kappa shape index (κ1) is 13.4. The van der Waals surface area contributed by atoms with E-state index in [-0.39, 0.29) is 0 Å². The summed E-state index contributed by atoms with van der Waals surface area (Å²) in [5.74, 6) is 0.627. The molecule has 0 bridgehead atoms. The molecule has 2 N–H and O–H groups in total. The lowest BCUT2D eigenvalue weighted by molar-refractivity contribution is 0.521. The molecule has 2 aromatic heterocycles. The molecular formula is C15H12Cl2N2O. The number of nitrogens with zero attached hydrogens (tertiary/aromatic N) is 1. The van der Waals surface area contributed by atoms with E-state index < -0.39 is 6.04 Å². The first-order valence-electron chi connectivity index (χ1n) is 6.11. The molecule has 0 saturated carbocycles. The van der Waals surface area contributed by atoms with Crippen molar-refractivity contribution in [1.29, 1.82) is 0 Å². The second-order valence-corrected chi connectivity index (χ2v) is 5.53. The topological polar surface area (TPSA) is 52.0 Å². The van der Waals surface area contributed by atoms with Gasteiger partial charge in [-0.2, -0.15) is 0 Å². The van der Waals surface area contributed by atoms with Crippen molar-refractivity contribution in [2.24, 2.45) is 5.73 Å². The van der Waals surface area contributed by atoms with Gasteiger partial charge in [-0.1, -0.05) is 34.8 Å². The van der Waals surface area contributed by atoms with Crippen molar-refractivity contribution in [2.75, 3.05) is 0 Å². The van der Waals surface area contributed by atoms with Crippen LogP contribution in [0.1, 0.15) is 23.1 Å². The summed E-state index contributed by atoms with van der Waals surface area (Å²) >= 11 is 12.0. The van der Waals surface area contributed by atoms with E-state index in [9.17, 15) is 0 Å². The average Bonchev–Trinajstić information content (AvgIpc) is 2.81. The lowest BCUT2D eigenvalue weighted by Crippen LogP contribution is -2.13. The molecule has 0 radical (unpaired) electrons. The summed E-state index contributed by atoms with van der Waals surface area (Å²) in [5, 5.41) is 1.92. The Morgan fingerprint density at radius 2 is 2.00 bits per heavy atom. The summed E-state index contributed by atoms with van der Waals surface area (Å²) in [5.41, 5.74) is 8.70. The maximum Gasteiger partial charge on any atom is 0.134 e. The van der Waals surface area contributed by atoms with Crippen LogP contribution in [0.2, 0.25) is 10.0 Å². The van der Waals surface area contributed by atoms with Crippen LogP contribution >= 0.6 is 23.2 Å². The Balaban J connectivity index is 2.05. The quantitative estimate of drug-likeness (QED) is 0.759. The summed E-state index contributed by atoms with van der Waals surface area (Å²) in [4.78, 5) is 4.19. The van der Waals surface area contributed by atoms with Crippen LogP contribution in [-0.4, -0.2) is 4.98 Å². The molecule has 0 aliphatic rings. The molecule has 3 aromatic rings. The van der Waals surface area contributed by atoms with E-state index in [2.05, 4.69) is 4.98 Å². The van der Waals surface area contributed by atoms with Gasteiger partial charge < -0.3 is 10.2 Å². The average molecular weight is 307 g/mol. The van der Waals surface area contributed by atoms with Gasteiger partial charge in [0.15, 0.2) is 0 Å². The minimum absolute atomic E-state index is 0.432. The third-order valence-electron chi connectivity index (χ3n) is 3.13. The van der Waals surface area contributed by atoms with Crippen LogP contribution in [0.4, 0.5) is 0 Å².